The Morgan fingerprint density at radius 1 is 1.32 bits per heavy atom. The maximum absolute atomic E-state index is 11.7. The van der Waals surface area contributed by atoms with Crippen molar-refractivity contribution >= 4 is 23.5 Å². The largest absolute Gasteiger partial charge is 0.369 e. The summed E-state index contributed by atoms with van der Waals surface area (Å²) in [5, 5.41) is 3.47. The molecule has 0 aliphatic carbocycles. The summed E-state index contributed by atoms with van der Waals surface area (Å²) in [6, 6.07) is 3.81. The zero-order valence-corrected chi connectivity index (χ0v) is 15.5. The minimum Gasteiger partial charge on any atom is -0.369 e. The molecule has 132 valence electrons. The van der Waals surface area contributed by atoms with Gasteiger partial charge in [-0.05, 0) is 24.3 Å². The molecule has 2 aromatic rings. The van der Waals surface area contributed by atoms with Crippen molar-refractivity contribution in [1.82, 2.24) is 19.9 Å². The van der Waals surface area contributed by atoms with Crippen molar-refractivity contribution in [3.05, 3.63) is 35.8 Å². The van der Waals surface area contributed by atoms with E-state index in [0.717, 1.165) is 53.7 Å². The molecular formula is C18H23N5OS. The molecule has 25 heavy (non-hydrogen) atoms. The van der Waals surface area contributed by atoms with Gasteiger partial charge in [0, 0.05) is 49.3 Å². The summed E-state index contributed by atoms with van der Waals surface area (Å²) in [4.78, 5) is 27.1. The van der Waals surface area contributed by atoms with Gasteiger partial charge in [-0.3, -0.25) is 9.78 Å². The molecule has 0 atom stereocenters. The molecule has 0 saturated heterocycles. The van der Waals surface area contributed by atoms with Gasteiger partial charge in [0.2, 0.25) is 5.91 Å². The summed E-state index contributed by atoms with van der Waals surface area (Å²) in [5.74, 6) is 3.82. The first kappa shape index (κ1) is 17.7. The fraction of sp³-hybridized carbons (Fsp3) is 0.444. The third kappa shape index (κ3) is 4.28. The molecule has 3 rings (SSSR count). The number of hydrogen-bond donors (Lipinski definition) is 1. The summed E-state index contributed by atoms with van der Waals surface area (Å²) in [6.45, 7) is 5.91. The molecule has 0 saturated carbocycles. The number of hydrogen-bond acceptors (Lipinski definition) is 6. The minimum absolute atomic E-state index is 0.0866. The highest BCUT2D eigenvalue weighted by molar-refractivity contribution is 7.99. The van der Waals surface area contributed by atoms with E-state index in [9.17, 15) is 4.79 Å². The Kier molecular flexibility index (Phi) is 5.86. The van der Waals surface area contributed by atoms with Crippen LogP contribution in [0.1, 0.15) is 25.1 Å². The fourth-order valence-electron chi connectivity index (χ4n) is 2.86. The topological polar surface area (TPSA) is 71.0 Å². The molecule has 0 radical (unpaired) electrons. The monoisotopic (exact) mass is 357 g/mol. The van der Waals surface area contributed by atoms with Gasteiger partial charge in [-0.15, -0.1) is 0 Å². The highest BCUT2D eigenvalue weighted by Gasteiger charge is 2.23. The van der Waals surface area contributed by atoms with Crippen molar-refractivity contribution in [3.63, 3.8) is 0 Å². The van der Waals surface area contributed by atoms with Crippen molar-refractivity contribution in [3.8, 4) is 11.4 Å². The lowest BCUT2D eigenvalue weighted by Gasteiger charge is -2.28. The normalized spacial score (nSPS) is 13.4. The van der Waals surface area contributed by atoms with Crippen LogP contribution >= 0.6 is 11.8 Å². The summed E-state index contributed by atoms with van der Waals surface area (Å²) >= 11 is 1.90. The number of nitrogens with one attached hydrogen (secondary N) is 1. The summed E-state index contributed by atoms with van der Waals surface area (Å²) in [6.07, 6.45) is 4.27. The Hall–Kier alpha value is -2.15. The smallest absolute Gasteiger partial charge is 0.219 e. The van der Waals surface area contributed by atoms with Crippen LogP contribution in [0.2, 0.25) is 0 Å². The third-order valence-corrected chi connectivity index (χ3v) is 5.09. The number of carbonyl (C=O) groups excluding carboxylic acids is 1. The Balaban J connectivity index is 1.92. The number of fused-ring (bicyclic) bond motifs is 1. The van der Waals surface area contributed by atoms with Crippen LogP contribution in [0.25, 0.3) is 11.4 Å². The Morgan fingerprint density at radius 2 is 2.12 bits per heavy atom. The van der Waals surface area contributed by atoms with E-state index in [1.54, 1.807) is 19.3 Å². The van der Waals surface area contributed by atoms with E-state index in [1.807, 2.05) is 28.8 Å². The quantitative estimate of drug-likeness (QED) is 0.802. The lowest BCUT2D eigenvalue weighted by Crippen LogP contribution is -2.35. The van der Waals surface area contributed by atoms with Gasteiger partial charge < -0.3 is 10.2 Å². The molecule has 6 nitrogen and oxygen atoms in total. The number of thioether (sulfide) groups is 1. The first-order chi connectivity index (χ1) is 12.2. The SMILES string of the molecule is CCSCCNc1nc(-c2ccncc2)nc2c1CCN(C(C)=O)C2. The summed E-state index contributed by atoms with van der Waals surface area (Å²) in [5.41, 5.74) is 3.01. The van der Waals surface area contributed by atoms with E-state index in [1.165, 1.54) is 0 Å². The van der Waals surface area contributed by atoms with Gasteiger partial charge in [-0.2, -0.15) is 11.8 Å². The van der Waals surface area contributed by atoms with Gasteiger partial charge in [0.15, 0.2) is 5.82 Å². The molecule has 7 heteroatoms. The number of rotatable bonds is 6. The first-order valence-corrected chi connectivity index (χ1v) is 9.71. The van der Waals surface area contributed by atoms with Crippen LogP contribution in [0.3, 0.4) is 0 Å². The molecule has 0 bridgehead atoms. The highest BCUT2D eigenvalue weighted by Crippen LogP contribution is 2.27. The Morgan fingerprint density at radius 3 is 2.84 bits per heavy atom. The molecule has 0 fully saturated rings. The van der Waals surface area contributed by atoms with Crippen LogP contribution in [0, 0.1) is 0 Å². The van der Waals surface area contributed by atoms with Crippen LogP contribution < -0.4 is 5.32 Å². The maximum atomic E-state index is 11.7. The maximum Gasteiger partial charge on any atom is 0.219 e. The van der Waals surface area contributed by atoms with Crippen molar-refractivity contribution < 1.29 is 4.79 Å². The standard InChI is InChI=1S/C18H23N5OS/c1-3-25-11-9-20-18-15-6-10-23(13(2)24)12-16(15)21-17(22-18)14-4-7-19-8-5-14/h4-5,7-8H,3,6,9-12H2,1-2H3,(H,20,21,22). The molecule has 2 aromatic heterocycles. The van der Waals surface area contributed by atoms with Crippen LogP contribution in [-0.2, 0) is 17.8 Å². The number of anilines is 1. The molecular weight excluding hydrogens is 334 g/mol. The Labute approximate surface area is 152 Å². The summed E-state index contributed by atoms with van der Waals surface area (Å²) < 4.78 is 0. The molecule has 3 heterocycles. The Bertz CT molecular complexity index is 738. The van der Waals surface area contributed by atoms with Crippen molar-refractivity contribution in [1.29, 1.82) is 0 Å². The van der Waals surface area contributed by atoms with Gasteiger partial charge in [0.05, 0.1) is 12.2 Å². The average molecular weight is 357 g/mol. The van der Waals surface area contributed by atoms with Crippen molar-refractivity contribution in [2.24, 2.45) is 0 Å². The van der Waals surface area contributed by atoms with Crippen molar-refractivity contribution in [2.45, 2.75) is 26.8 Å². The van der Waals surface area contributed by atoms with Gasteiger partial charge >= 0.3 is 0 Å². The molecule has 0 aromatic carbocycles. The van der Waals surface area contributed by atoms with Crippen LogP contribution in [0.15, 0.2) is 24.5 Å². The molecule has 1 amide bonds. The van der Waals surface area contributed by atoms with Gasteiger partial charge in [-0.25, -0.2) is 9.97 Å². The van der Waals surface area contributed by atoms with E-state index in [0.29, 0.717) is 12.4 Å². The third-order valence-electron chi connectivity index (χ3n) is 4.19. The van der Waals surface area contributed by atoms with Gasteiger partial charge in [0.25, 0.3) is 0 Å². The van der Waals surface area contributed by atoms with Crippen molar-refractivity contribution in [2.75, 3.05) is 29.9 Å². The second-order valence-corrected chi connectivity index (χ2v) is 7.27. The zero-order valence-electron chi connectivity index (χ0n) is 14.7. The predicted octanol–water partition coefficient (Wildman–Crippen LogP) is 2.61. The second kappa shape index (κ2) is 8.29. The van der Waals surface area contributed by atoms with E-state index in [-0.39, 0.29) is 5.91 Å². The number of nitrogens with zero attached hydrogens (tertiary/aromatic N) is 4. The van der Waals surface area contributed by atoms with E-state index < -0.39 is 0 Å². The summed E-state index contributed by atoms with van der Waals surface area (Å²) in [7, 11) is 0. The molecule has 0 spiro atoms. The average Bonchev–Trinajstić information content (AvgIpc) is 2.65. The van der Waals surface area contributed by atoms with Gasteiger partial charge in [-0.1, -0.05) is 6.92 Å². The number of carbonyl (C=O) groups is 1. The zero-order chi connectivity index (χ0) is 17.6. The van der Waals surface area contributed by atoms with E-state index >= 15 is 0 Å². The van der Waals surface area contributed by atoms with Crippen LogP contribution in [0.4, 0.5) is 5.82 Å². The number of amides is 1. The first-order valence-electron chi connectivity index (χ1n) is 8.56. The van der Waals surface area contributed by atoms with E-state index in [4.69, 9.17) is 9.97 Å². The molecule has 0 unspecified atom stereocenters. The molecule has 1 aliphatic rings. The van der Waals surface area contributed by atoms with Crippen LogP contribution in [-0.4, -0.2) is 50.4 Å². The van der Waals surface area contributed by atoms with Crippen LogP contribution in [0.5, 0.6) is 0 Å². The lowest BCUT2D eigenvalue weighted by atomic mass is 10.0. The number of aromatic nitrogens is 3. The second-order valence-electron chi connectivity index (χ2n) is 5.87. The molecule has 1 aliphatic heterocycles. The predicted molar refractivity (Wildman–Crippen MR) is 102 cm³/mol. The number of pyridine rings is 1. The van der Waals surface area contributed by atoms with E-state index in [2.05, 4.69) is 17.2 Å². The lowest BCUT2D eigenvalue weighted by molar-refractivity contribution is -0.129. The van der Waals surface area contributed by atoms with Gasteiger partial charge in [0.1, 0.15) is 5.82 Å². The fourth-order valence-corrected chi connectivity index (χ4v) is 3.40. The highest BCUT2D eigenvalue weighted by atomic mass is 32.2. The minimum atomic E-state index is 0.0866. The molecule has 1 N–H and O–H groups in total.